The molecule has 1 N–H and O–H groups in total. The number of nitrogens with zero attached hydrogens (tertiary/aromatic N) is 1. The van der Waals surface area contributed by atoms with E-state index in [4.69, 9.17) is 4.42 Å². The average Bonchev–Trinajstić information content (AvgIpc) is 2.87. The minimum absolute atomic E-state index is 0.138. The summed E-state index contributed by atoms with van der Waals surface area (Å²) in [7, 11) is -0.747. The molecule has 1 aromatic heterocycles. The van der Waals surface area contributed by atoms with Crippen LogP contribution in [0.4, 0.5) is 10.1 Å². The largest absolute Gasteiger partial charge is 0.446 e. The molecular weight excluding hydrogens is 363 g/mol. The second kappa shape index (κ2) is 6.17. The molecule has 8 heteroatoms. The quantitative estimate of drug-likeness (QED) is 0.870. The normalized spacial score (nSPS) is 11.9. The lowest BCUT2D eigenvalue weighted by molar-refractivity contribution is 0.402. The van der Waals surface area contributed by atoms with Crippen molar-refractivity contribution in [2.45, 2.75) is 11.6 Å². The van der Waals surface area contributed by atoms with Gasteiger partial charge in [0.25, 0.3) is 10.0 Å². The third-order valence-corrected chi connectivity index (χ3v) is 4.94. The van der Waals surface area contributed by atoms with Gasteiger partial charge in [0, 0.05) is 18.6 Å². The van der Waals surface area contributed by atoms with Crippen LogP contribution in [0, 0.1) is 5.82 Å². The molecule has 0 aliphatic heterocycles. The van der Waals surface area contributed by atoms with Gasteiger partial charge in [-0.3, -0.25) is 0 Å². The molecule has 114 valence electrons. The molecule has 0 saturated heterocycles. The predicted molar refractivity (Wildman–Crippen MR) is 81.0 cm³/mol. The Balaban J connectivity index is 2.10. The second-order valence-corrected chi connectivity index (χ2v) is 7.48. The van der Waals surface area contributed by atoms with E-state index in [2.05, 4.69) is 21.2 Å². The first kappa shape index (κ1) is 16.0. The second-order valence-electron chi connectivity index (χ2n) is 4.49. The third-order valence-electron chi connectivity index (χ3n) is 2.76. The lowest BCUT2D eigenvalue weighted by atomic mass is 10.3. The highest BCUT2D eigenvalue weighted by atomic mass is 79.9. The first-order valence-corrected chi connectivity index (χ1v) is 8.24. The van der Waals surface area contributed by atoms with Crippen molar-refractivity contribution < 1.29 is 17.2 Å². The van der Waals surface area contributed by atoms with Crippen molar-refractivity contribution in [3.8, 4) is 0 Å². The van der Waals surface area contributed by atoms with Gasteiger partial charge in [-0.2, -0.15) is 0 Å². The molecule has 0 aliphatic carbocycles. The van der Waals surface area contributed by atoms with Gasteiger partial charge in [-0.1, -0.05) is 15.9 Å². The van der Waals surface area contributed by atoms with Crippen LogP contribution in [-0.2, 0) is 16.6 Å². The number of hydrogen-bond donors (Lipinski definition) is 1. The highest BCUT2D eigenvalue weighted by molar-refractivity contribution is 9.10. The summed E-state index contributed by atoms with van der Waals surface area (Å²) in [4.78, 5) is 0. The lowest BCUT2D eigenvalue weighted by Gasteiger charge is -2.08. The number of sulfonamides is 1. The summed E-state index contributed by atoms with van der Waals surface area (Å²) < 4.78 is 44.3. The zero-order valence-corrected chi connectivity index (χ0v) is 13.8. The maximum Gasteiger partial charge on any atom is 0.275 e. The summed E-state index contributed by atoms with van der Waals surface area (Å²) in [6.07, 6.45) is 0. The van der Waals surface area contributed by atoms with Crippen molar-refractivity contribution in [2.75, 3.05) is 19.4 Å². The molecule has 2 aromatic rings. The van der Waals surface area contributed by atoms with Crippen molar-refractivity contribution in [2.24, 2.45) is 0 Å². The van der Waals surface area contributed by atoms with Gasteiger partial charge in [-0.05, 0) is 30.3 Å². The molecule has 5 nitrogen and oxygen atoms in total. The Morgan fingerprint density at radius 1 is 1.29 bits per heavy atom. The highest BCUT2D eigenvalue weighted by Gasteiger charge is 2.21. The monoisotopic (exact) mass is 376 g/mol. The molecule has 0 atom stereocenters. The fourth-order valence-electron chi connectivity index (χ4n) is 1.59. The van der Waals surface area contributed by atoms with Crippen LogP contribution in [0.1, 0.15) is 5.76 Å². The Morgan fingerprint density at radius 3 is 2.62 bits per heavy atom. The Hall–Kier alpha value is -1.38. The molecule has 0 bridgehead atoms. The van der Waals surface area contributed by atoms with E-state index in [1.165, 1.54) is 26.2 Å². The summed E-state index contributed by atoms with van der Waals surface area (Å²) in [5.74, 6) is -0.00480. The number of hydrogen-bond acceptors (Lipinski definition) is 4. The first-order valence-electron chi connectivity index (χ1n) is 6.01. The molecule has 0 spiro atoms. The van der Waals surface area contributed by atoms with Crippen LogP contribution in [0.3, 0.4) is 0 Å². The van der Waals surface area contributed by atoms with Crippen molar-refractivity contribution in [3.05, 3.63) is 46.4 Å². The summed E-state index contributed by atoms with van der Waals surface area (Å²) >= 11 is 3.17. The number of rotatable bonds is 5. The van der Waals surface area contributed by atoms with Crippen LogP contribution >= 0.6 is 15.9 Å². The van der Waals surface area contributed by atoms with Gasteiger partial charge < -0.3 is 9.73 Å². The zero-order valence-electron chi connectivity index (χ0n) is 11.4. The van der Waals surface area contributed by atoms with Crippen LogP contribution in [-0.4, -0.2) is 26.8 Å². The van der Waals surface area contributed by atoms with Crippen LogP contribution in [0.15, 0.2) is 44.3 Å². The smallest absolute Gasteiger partial charge is 0.275 e. The van der Waals surface area contributed by atoms with Gasteiger partial charge in [0.05, 0.1) is 12.2 Å². The Labute approximate surface area is 130 Å². The number of benzene rings is 1. The maximum absolute atomic E-state index is 13.6. The molecule has 1 aromatic carbocycles. The van der Waals surface area contributed by atoms with Gasteiger partial charge in [-0.25, -0.2) is 17.1 Å². The highest BCUT2D eigenvalue weighted by Crippen LogP contribution is 2.21. The number of furan rings is 1. The van der Waals surface area contributed by atoms with Crippen molar-refractivity contribution in [1.29, 1.82) is 0 Å². The van der Waals surface area contributed by atoms with Crippen LogP contribution < -0.4 is 5.32 Å². The summed E-state index contributed by atoms with van der Waals surface area (Å²) in [5.41, 5.74) is 0.312. The summed E-state index contributed by atoms with van der Waals surface area (Å²) in [6.45, 7) is 0.182. The molecule has 0 fully saturated rings. The van der Waals surface area contributed by atoms with Crippen molar-refractivity contribution in [3.63, 3.8) is 0 Å². The molecule has 21 heavy (non-hydrogen) atoms. The van der Waals surface area contributed by atoms with Gasteiger partial charge in [0.15, 0.2) is 0 Å². The van der Waals surface area contributed by atoms with E-state index in [1.807, 2.05) is 0 Å². The molecule has 2 rings (SSSR count). The summed E-state index contributed by atoms with van der Waals surface area (Å²) in [6, 6.07) is 7.55. The lowest BCUT2D eigenvalue weighted by Crippen LogP contribution is -2.21. The van der Waals surface area contributed by atoms with Gasteiger partial charge >= 0.3 is 0 Å². The Kier molecular flexibility index (Phi) is 4.70. The Morgan fingerprint density at radius 2 is 2.00 bits per heavy atom. The molecular formula is C13H14BrFN2O3S. The van der Waals surface area contributed by atoms with E-state index >= 15 is 0 Å². The van der Waals surface area contributed by atoms with Crippen LogP contribution in [0.5, 0.6) is 0 Å². The topological polar surface area (TPSA) is 62.6 Å². The van der Waals surface area contributed by atoms with E-state index in [0.29, 0.717) is 15.9 Å². The SMILES string of the molecule is CN(C)S(=O)(=O)c1ccc(CNc2ccc(Br)cc2F)o1. The van der Waals surface area contributed by atoms with Gasteiger partial charge in [0.2, 0.25) is 5.09 Å². The first-order chi connectivity index (χ1) is 9.80. The van der Waals surface area contributed by atoms with E-state index < -0.39 is 15.8 Å². The fraction of sp³-hybridized carbons (Fsp3) is 0.231. The number of nitrogens with one attached hydrogen (secondary N) is 1. The summed E-state index contributed by atoms with van der Waals surface area (Å²) in [5, 5.41) is 2.71. The molecule has 0 amide bonds. The third kappa shape index (κ3) is 3.63. The molecule has 0 saturated carbocycles. The predicted octanol–water partition coefficient (Wildman–Crippen LogP) is 3.04. The number of halogens is 2. The standard InChI is InChI=1S/C13H14BrFN2O3S/c1-17(2)21(18,19)13-6-4-10(20-13)8-16-12-5-3-9(14)7-11(12)15/h3-7,16H,8H2,1-2H3. The fourth-order valence-corrected chi connectivity index (χ4v) is 2.73. The van der Waals surface area contributed by atoms with E-state index in [0.717, 1.165) is 4.31 Å². The molecule has 0 aliphatic rings. The molecule has 1 heterocycles. The molecule has 0 radical (unpaired) electrons. The van der Waals surface area contributed by atoms with Crippen LogP contribution in [0.2, 0.25) is 0 Å². The minimum atomic E-state index is -3.59. The van der Waals surface area contributed by atoms with Crippen molar-refractivity contribution in [1.82, 2.24) is 4.31 Å². The average molecular weight is 377 g/mol. The van der Waals surface area contributed by atoms with Gasteiger partial charge in [0.1, 0.15) is 11.6 Å². The number of anilines is 1. The van der Waals surface area contributed by atoms with E-state index in [1.54, 1.807) is 18.2 Å². The van der Waals surface area contributed by atoms with Crippen molar-refractivity contribution >= 4 is 31.6 Å². The maximum atomic E-state index is 13.6. The minimum Gasteiger partial charge on any atom is -0.446 e. The Bertz CT molecular complexity index is 744. The molecule has 0 unspecified atom stereocenters. The van der Waals surface area contributed by atoms with E-state index in [-0.39, 0.29) is 11.6 Å². The zero-order chi connectivity index (χ0) is 15.6. The van der Waals surface area contributed by atoms with E-state index in [9.17, 15) is 12.8 Å². The van der Waals surface area contributed by atoms with Gasteiger partial charge in [-0.15, -0.1) is 0 Å². The van der Waals surface area contributed by atoms with Crippen LogP contribution in [0.25, 0.3) is 0 Å².